The molecule has 4 heteroatoms. The predicted octanol–water partition coefficient (Wildman–Crippen LogP) is 8.41. The molecular weight excluding hydrogens is 518 g/mol. The molecular formula is C38H60NO3+. The lowest BCUT2D eigenvalue weighted by Crippen LogP contribution is -2.67. The van der Waals surface area contributed by atoms with E-state index in [4.69, 9.17) is 9.47 Å². The summed E-state index contributed by atoms with van der Waals surface area (Å²) in [4.78, 5) is 13.1. The van der Waals surface area contributed by atoms with Gasteiger partial charge in [-0.25, -0.2) is 4.79 Å². The van der Waals surface area contributed by atoms with Crippen LogP contribution in [0.4, 0.5) is 0 Å². The van der Waals surface area contributed by atoms with Crippen molar-refractivity contribution in [3.05, 3.63) is 30.6 Å². The molecule has 1 aromatic heterocycles. The third-order valence-electron chi connectivity index (χ3n) is 15.5. The summed E-state index contributed by atoms with van der Waals surface area (Å²) in [6.07, 6.45) is 18.5. The third-order valence-corrected chi connectivity index (χ3v) is 15.5. The number of esters is 1. The summed E-state index contributed by atoms with van der Waals surface area (Å²) >= 11 is 0. The molecule has 0 bridgehead atoms. The summed E-state index contributed by atoms with van der Waals surface area (Å²) in [5.74, 6) is 3.55. The molecule has 234 valence electrons. The van der Waals surface area contributed by atoms with E-state index in [0.29, 0.717) is 39.6 Å². The topological polar surface area (TPSA) is 39.4 Å². The lowest BCUT2D eigenvalue weighted by Gasteiger charge is -2.73. The van der Waals surface area contributed by atoms with Crippen LogP contribution in [0.25, 0.3) is 0 Å². The maximum Gasteiger partial charge on any atom is 0.372 e. The molecule has 42 heavy (non-hydrogen) atoms. The van der Waals surface area contributed by atoms with E-state index in [1.165, 1.54) is 64.2 Å². The minimum absolute atomic E-state index is 0.00414. The fourth-order valence-corrected chi connectivity index (χ4v) is 12.9. The van der Waals surface area contributed by atoms with E-state index >= 15 is 0 Å². The van der Waals surface area contributed by atoms with Gasteiger partial charge in [0, 0.05) is 24.7 Å². The normalized spacial score (nSPS) is 47.8. The van der Waals surface area contributed by atoms with Gasteiger partial charge in [0.1, 0.15) is 6.10 Å². The fourth-order valence-electron chi connectivity index (χ4n) is 12.9. The zero-order chi connectivity index (χ0) is 30.1. The molecule has 5 aliphatic rings. The molecule has 0 radical (unpaired) electrons. The molecule has 0 amide bonds. The summed E-state index contributed by atoms with van der Waals surface area (Å²) in [5, 5.41) is 0. The second-order valence-corrected chi connectivity index (χ2v) is 17.1. The van der Waals surface area contributed by atoms with Gasteiger partial charge in [-0.1, -0.05) is 54.5 Å². The third kappa shape index (κ3) is 4.38. The molecule has 5 saturated carbocycles. The average molecular weight is 579 g/mol. The standard InChI is InChI=1S/C38H60NO3/c1-9-35(4)19-15-26-16-21-37(6)27(32(26)33(35)41-8)13-14-29-36(5)20-18-30(34(2,3)28(36)17-22-38(29,37)7)42-31(40)25-39-23-11-10-12-24-39/h10-12,23-24,26-30,32-33H,9,13-22,25H2,1-8H3/q+1/t26?,27?,28?,29?,30?,32?,33?,35?,36-,37+,38+/m0/s1. The number of carbonyl (C=O) groups excluding carboxylic acids is 1. The number of fused-ring (bicyclic) bond motifs is 7. The summed E-state index contributed by atoms with van der Waals surface area (Å²) in [7, 11) is 2.01. The number of methoxy groups -OCH3 is 1. The average Bonchev–Trinajstić information content (AvgIpc) is 2.95. The molecule has 1 heterocycles. The summed E-state index contributed by atoms with van der Waals surface area (Å²) in [5.41, 5.74) is 1.31. The Morgan fingerprint density at radius 2 is 1.50 bits per heavy atom. The van der Waals surface area contributed by atoms with E-state index in [9.17, 15) is 4.79 Å². The highest BCUT2D eigenvalue weighted by Crippen LogP contribution is 2.76. The second-order valence-electron chi connectivity index (χ2n) is 17.1. The van der Waals surface area contributed by atoms with Crippen LogP contribution in [0.5, 0.6) is 0 Å². The molecule has 5 fully saturated rings. The van der Waals surface area contributed by atoms with Crippen LogP contribution in [0.15, 0.2) is 30.6 Å². The highest BCUT2D eigenvalue weighted by atomic mass is 16.5. The number of rotatable bonds is 5. The minimum Gasteiger partial charge on any atom is -0.457 e. The Labute approximate surface area is 256 Å². The van der Waals surface area contributed by atoms with Gasteiger partial charge in [0.15, 0.2) is 12.4 Å². The van der Waals surface area contributed by atoms with Gasteiger partial charge >= 0.3 is 5.97 Å². The van der Waals surface area contributed by atoms with Crippen LogP contribution in [-0.2, 0) is 20.8 Å². The van der Waals surface area contributed by atoms with Crippen molar-refractivity contribution < 1.29 is 18.8 Å². The van der Waals surface area contributed by atoms with Crippen LogP contribution in [-0.4, -0.2) is 25.3 Å². The summed E-state index contributed by atoms with van der Waals surface area (Å²) in [6.45, 7) is 18.2. The minimum atomic E-state index is -0.0995. The SMILES string of the molecule is CCC1(C)CCC2CC[C@]3(C)C(CCC4[C@@]5(C)CCC(OC(=O)C[n+]6ccccc6)C(C)(C)C5CC[C@]43C)C2C1OC. The lowest BCUT2D eigenvalue weighted by molar-refractivity contribution is -0.686. The molecule has 0 saturated heterocycles. The summed E-state index contributed by atoms with van der Waals surface area (Å²) in [6, 6.07) is 5.92. The predicted molar refractivity (Wildman–Crippen MR) is 167 cm³/mol. The van der Waals surface area contributed by atoms with Crippen molar-refractivity contribution in [3.63, 3.8) is 0 Å². The number of aromatic nitrogens is 1. The van der Waals surface area contributed by atoms with Gasteiger partial charge in [0.05, 0.1) is 6.10 Å². The van der Waals surface area contributed by atoms with Crippen LogP contribution < -0.4 is 4.57 Å². The number of ether oxygens (including phenoxy) is 2. The maximum absolute atomic E-state index is 13.1. The van der Waals surface area contributed by atoms with Crippen molar-refractivity contribution in [1.82, 2.24) is 0 Å². The Bertz CT molecular complexity index is 1150. The number of hydrogen-bond donors (Lipinski definition) is 0. The van der Waals surface area contributed by atoms with Crippen molar-refractivity contribution >= 4 is 5.97 Å². The van der Waals surface area contributed by atoms with E-state index in [2.05, 4.69) is 48.5 Å². The quantitative estimate of drug-likeness (QED) is 0.260. The highest BCUT2D eigenvalue weighted by Gasteiger charge is 2.69. The molecule has 1 aromatic rings. The van der Waals surface area contributed by atoms with Gasteiger partial charge < -0.3 is 9.47 Å². The molecule has 8 unspecified atom stereocenters. The lowest BCUT2D eigenvalue weighted by atomic mass is 9.32. The van der Waals surface area contributed by atoms with Crippen LogP contribution in [0.3, 0.4) is 0 Å². The Morgan fingerprint density at radius 3 is 2.19 bits per heavy atom. The zero-order valence-electron chi connectivity index (χ0n) is 28.1. The van der Waals surface area contributed by atoms with Crippen molar-refractivity contribution in [2.75, 3.05) is 7.11 Å². The van der Waals surface area contributed by atoms with Gasteiger partial charge in [0.2, 0.25) is 6.54 Å². The van der Waals surface area contributed by atoms with Gasteiger partial charge in [-0.2, -0.15) is 4.57 Å². The Balaban J connectivity index is 1.24. The van der Waals surface area contributed by atoms with Crippen LogP contribution >= 0.6 is 0 Å². The van der Waals surface area contributed by atoms with Crippen molar-refractivity contribution in [2.24, 2.45) is 56.7 Å². The highest BCUT2D eigenvalue weighted by molar-refractivity contribution is 5.68. The zero-order valence-corrected chi connectivity index (χ0v) is 28.1. The Kier molecular flexibility index (Phi) is 7.72. The van der Waals surface area contributed by atoms with Crippen LogP contribution in [0.2, 0.25) is 0 Å². The maximum atomic E-state index is 13.1. The van der Waals surface area contributed by atoms with Crippen molar-refractivity contribution in [3.8, 4) is 0 Å². The van der Waals surface area contributed by atoms with E-state index < -0.39 is 0 Å². The Morgan fingerprint density at radius 1 is 0.810 bits per heavy atom. The first kappa shape index (κ1) is 30.6. The monoisotopic (exact) mass is 578 g/mol. The first-order valence-electron chi connectivity index (χ1n) is 17.5. The molecule has 0 aliphatic heterocycles. The molecule has 6 rings (SSSR count). The number of carbonyl (C=O) groups is 1. The van der Waals surface area contributed by atoms with Gasteiger partial charge in [-0.05, 0) is 122 Å². The first-order chi connectivity index (χ1) is 19.8. The molecule has 5 aliphatic carbocycles. The molecule has 4 nitrogen and oxygen atoms in total. The largest absolute Gasteiger partial charge is 0.457 e. The van der Waals surface area contributed by atoms with Gasteiger partial charge in [-0.15, -0.1) is 0 Å². The number of nitrogens with zero attached hydrogens (tertiary/aromatic N) is 1. The van der Waals surface area contributed by atoms with Gasteiger partial charge in [-0.3, -0.25) is 0 Å². The van der Waals surface area contributed by atoms with E-state index in [1.807, 2.05) is 42.3 Å². The summed E-state index contributed by atoms with van der Waals surface area (Å²) < 4.78 is 14.7. The van der Waals surface area contributed by atoms with Crippen molar-refractivity contribution in [2.45, 2.75) is 138 Å². The van der Waals surface area contributed by atoms with Crippen LogP contribution in [0.1, 0.15) is 119 Å². The molecule has 0 N–H and O–H groups in total. The van der Waals surface area contributed by atoms with Crippen LogP contribution in [0, 0.1) is 56.7 Å². The molecule has 11 atom stereocenters. The molecule has 0 spiro atoms. The number of pyridine rings is 1. The first-order valence-corrected chi connectivity index (χ1v) is 17.5. The van der Waals surface area contributed by atoms with E-state index in [0.717, 1.165) is 24.2 Å². The fraction of sp³-hybridized carbons (Fsp3) is 0.842. The van der Waals surface area contributed by atoms with E-state index in [-0.39, 0.29) is 24.0 Å². The smallest absolute Gasteiger partial charge is 0.372 e. The Hall–Kier alpha value is -1.42. The second kappa shape index (κ2) is 10.6. The van der Waals surface area contributed by atoms with Crippen molar-refractivity contribution in [1.29, 1.82) is 0 Å². The number of hydrogen-bond acceptors (Lipinski definition) is 3. The molecule has 0 aromatic carbocycles. The van der Waals surface area contributed by atoms with Gasteiger partial charge in [0.25, 0.3) is 0 Å². The van der Waals surface area contributed by atoms with E-state index in [1.54, 1.807) is 0 Å².